The molecule has 0 aliphatic heterocycles. The summed E-state index contributed by atoms with van der Waals surface area (Å²) >= 11 is 0. The lowest BCUT2D eigenvalue weighted by molar-refractivity contribution is -0.139. The predicted octanol–water partition coefficient (Wildman–Crippen LogP) is 2.08. The fourth-order valence-electron chi connectivity index (χ4n) is 2.71. The Kier molecular flexibility index (Phi) is 5.93. The normalized spacial score (nSPS) is 12.4. The van der Waals surface area contributed by atoms with E-state index in [-0.39, 0.29) is 12.1 Å². The maximum absolute atomic E-state index is 12.0. The van der Waals surface area contributed by atoms with Gasteiger partial charge in [0.1, 0.15) is 0 Å². The third-order valence-electron chi connectivity index (χ3n) is 3.89. The van der Waals surface area contributed by atoms with Crippen LogP contribution in [-0.2, 0) is 9.59 Å². The molecule has 0 fully saturated rings. The second kappa shape index (κ2) is 7.93. The summed E-state index contributed by atoms with van der Waals surface area (Å²) in [5.41, 5.74) is 1.13. The molecule has 2 aromatic rings. The predicted molar refractivity (Wildman–Crippen MR) is 96.7 cm³/mol. The van der Waals surface area contributed by atoms with Gasteiger partial charge in [0.25, 0.3) is 0 Å². The molecule has 5 heteroatoms. The molecule has 0 heterocycles. The fraction of sp³-hybridized carbons (Fsp3) is 0.368. The highest BCUT2D eigenvalue weighted by molar-refractivity contribution is 6.35. The van der Waals surface area contributed by atoms with Gasteiger partial charge in [0, 0.05) is 12.6 Å². The summed E-state index contributed by atoms with van der Waals surface area (Å²) in [6, 6.07) is 14.2. The van der Waals surface area contributed by atoms with Crippen LogP contribution in [0.3, 0.4) is 0 Å². The van der Waals surface area contributed by atoms with E-state index in [9.17, 15) is 9.59 Å². The molecular formula is C19H25N3O2. The molecule has 0 aliphatic rings. The first-order chi connectivity index (χ1) is 11.4. The van der Waals surface area contributed by atoms with Crippen molar-refractivity contribution in [1.82, 2.24) is 15.5 Å². The number of hydrogen-bond donors (Lipinski definition) is 2. The molecule has 0 aliphatic carbocycles. The summed E-state index contributed by atoms with van der Waals surface area (Å²) in [5, 5.41) is 7.65. The van der Waals surface area contributed by atoms with Crippen LogP contribution in [0, 0.1) is 0 Å². The molecule has 0 saturated heterocycles. The summed E-state index contributed by atoms with van der Waals surface area (Å²) in [5.74, 6) is -1.20. The molecule has 1 atom stereocenters. The van der Waals surface area contributed by atoms with Crippen molar-refractivity contribution in [3.05, 3.63) is 48.0 Å². The zero-order chi connectivity index (χ0) is 17.7. The number of carbonyl (C=O) groups excluding carboxylic acids is 2. The Bertz CT molecular complexity index is 720. The molecule has 0 saturated carbocycles. The second-order valence-electron chi connectivity index (χ2n) is 6.39. The molecule has 5 nitrogen and oxygen atoms in total. The lowest BCUT2D eigenvalue weighted by atomic mass is 9.98. The molecule has 0 radical (unpaired) electrons. The quantitative estimate of drug-likeness (QED) is 0.827. The number of carbonyl (C=O) groups is 2. The number of rotatable bonds is 5. The number of benzene rings is 2. The average molecular weight is 327 g/mol. The van der Waals surface area contributed by atoms with Crippen molar-refractivity contribution in [1.29, 1.82) is 0 Å². The van der Waals surface area contributed by atoms with Crippen LogP contribution in [0.5, 0.6) is 0 Å². The number of amides is 2. The molecule has 0 spiro atoms. The number of nitrogens with one attached hydrogen (secondary N) is 2. The minimum absolute atomic E-state index is 0.0214. The van der Waals surface area contributed by atoms with Crippen molar-refractivity contribution < 1.29 is 9.59 Å². The van der Waals surface area contributed by atoms with Gasteiger partial charge in [-0.05, 0) is 44.3 Å². The minimum atomic E-state index is -0.601. The van der Waals surface area contributed by atoms with E-state index in [4.69, 9.17) is 0 Å². The molecule has 128 valence electrons. The van der Waals surface area contributed by atoms with Gasteiger partial charge >= 0.3 is 11.8 Å². The highest BCUT2D eigenvalue weighted by Crippen LogP contribution is 2.26. The minimum Gasteiger partial charge on any atom is -0.346 e. The first kappa shape index (κ1) is 17.9. The number of nitrogens with zero attached hydrogens (tertiary/aromatic N) is 1. The zero-order valence-electron chi connectivity index (χ0n) is 14.7. The Labute approximate surface area is 143 Å². The summed E-state index contributed by atoms with van der Waals surface area (Å²) in [6.45, 7) is 4.01. The van der Waals surface area contributed by atoms with Crippen LogP contribution in [0.2, 0.25) is 0 Å². The van der Waals surface area contributed by atoms with Crippen LogP contribution in [0.1, 0.15) is 25.5 Å². The Hall–Kier alpha value is -2.40. The molecule has 2 N–H and O–H groups in total. The number of fused-ring (bicyclic) bond motifs is 1. The van der Waals surface area contributed by atoms with E-state index in [0.717, 1.165) is 16.3 Å². The van der Waals surface area contributed by atoms with Gasteiger partial charge in [-0.15, -0.1) is 0 Å². The van der Waals surface area contributed by atoms with E-state index in [1.54, 1.807) is 0 Å². The zero-order valence-corrected chi connectivity index (χ0v) is 14.7. The van der Waals surface area contributed by atoms with E-state index in [2.05, 4.69) is 34.9 Å². The molecule has 2 aromatic carbocycles. The van der Waals surface area contributed by atoms with Crippen LogP contribution < -0.4 is 10.6 Å². The van der Waals surface area contributed by atoms with Gasteiger partial charge in [-0.25, -0.2) is 0 Å². The van der Waals surface area contributed by atoms with Gasteiger partial charge in [0.2, 0.25) is 0 Å². The SMILES string of the molecule is CC(C)NC(=O)C(=O)NC[C@@H](c1cccc2ccccc12)N(C)C. The first-order valence-corrected chi connectivity index (χ1v) is 8.13. The Morgan fingerprint density at radius 2 is 1.67 bits per heavy atom. The van der Waals surface area contributed by atoms with E-state index in [1.807, 2.05) is 51.0 Å². The van der Waals surface area contributed by atoms with Crippen molar-refractivity contribution in [3.8, 4) is 0 Å². The van der Waals surface area contributed by atoms with Crippen molar-refractivity contribution >= 4 is 22.6 Å². The van der Waals surface area contributed by atoms with E-state index in [1.165, 1.54) is 0 Å². The van der Waals surface area contributed by atoms with Gasteiger partial charge in [-0.2, -0.15) is 0 Å². The van der Waals surface area contributed by atoms with Crippen molar-refractivity contribution in [3.63, 3.8) is 0 Å². The topological polar surface area (TPSA) is 61.4 Å². The number of hydrogen-bond acceptors (Lipinski definition) is 3. The van der Waals surface area contributed by atoms with Gasteiger partial charge < -0.3 is 15.5 Å². The fourth-order valence-corrected chi connectivity index (χ4v) is 2.71. The van der Waals surface area contributed by atoms with Gasteiger partial charge in [0.05, 0.1) is 6.04 Å². The maximum Gasteiger partial charge on any atom is 0.309 e. The monoisotopic (exact) mass is 327 g/mol. The molecule has 0 bridgehead atoms. The van der Waals surface area contributed by atoms with E-state index in [0.29, 0.717) is 6.54 Å². The molecule has 24 heavy (non-hydrogen) atoms. The Morgan fingerprint density at radius 3 is 2.33 bits per heavy atom. The molecule has 2 rings (SSSR count). The summed E-state index contributed by atoms with van der Waals surface area (Å²) in [7, 11) is 3.93. The second-order valence-corrected chi connectivity index (χ2v) is 6.39. The van der Waals surface area contributed by atoms with E-state index < -0.39 is 11.8 Å². The first-order valence-electron chi connectivity index (χ1n) is 8.13. The summed E-state index contributed by atoms with van der Waals surface area (Å²) in [4.78, 5) is 25.8. The maximum atomic E-state index is 12.0. The molecule has 0 unspecified atom stereocenters. The van der Waals surface area contributed by atoms with E-state index >= 15 is 0 Å². The average Bonchev–Trinajstić information content (AvgIpc) is 2.54. The van der Waals surface area contributed by atoms with Gasteiger partial charge in [-0.3, -0.25) is 9.59 Å². The van der Waals surface area contributed by atoms with Crippen molar-refractivity contribution in [2.24, 2.45) is 0 Å². The summed E-state index contributed by atoms with van der Waals surface area (Å²) < 4.78 is 0. The molecule has 0 aromatic heterocycles. The Morgan fingerprint density at radius 1 is 1.00 bits per heavy atom. The lowest BCUT2D eigenvalue weighted by Gasteiger charge is -2.26. The highest BCUT2D eigenvalue weighted by atomic mass is 16.2. The lowest BCUT2D eigenvalue weighted by Crippen LogP contribution is -2.45. The largest absolute Gasteiger partial charge is 0.346 e. The third kappa shape index (κ3) is 4.32. The van der Waals surface area contributed by atoms with Crippen LogP contribution in [0.15, 0.2) is 42.5 Å². The van der Waals surface area contributed by atoms with Crippen LogP contribution in [-0.4, -0.2) is 43.4 Å². The van der Waals surface area contributed by atoms with Crippen LogP contribution >= 0.6 is 0 Å². The Balaban J connectivity index is 2.18. The van der Waals surface area contributed by atoms with Crippen LogP contribution in [0.4, 0.5) is 0 Å². The standard InChI is InChI=1S/C19H25N3O2/c1-13(2)21-19(24)18(23)20-12-17(22(3)4)16-11-7-9-14-8-5-6-10-15(14)16/h5-11,13,17H,12H2,1-4H3,(H,20,23)(H,21,24)/t17-/m0/s1. The van der Waals surface area contributed by atoms with Crippen molar-refractivity contribution in [2.75, 3.05) is 20.6 Å². The van der Waals surface area contributed by atoms with Crippen LogP contribution in [0.25, 0.3) is 10.8 Å². The third-order valence-corrected chi connectivity index (χ3v) is 3.89. The van der Waals surface area contributed by atoms with Gasteiger partial charge in [-0.1, -0.05) is 42.5 Å². The summed E-state index contributed by atoms with van der Waals surface area (Å²) in [6.07, 6.45) is 0. The number of likely N-dealkylation sites (N-methyl/N-ethyl adjacent to an activating group) is 1. The van der Waals surface area contributed by atoms with Crippen molar-refractivity contribution in [2.45, 2.75) is 25.9 Å². The molecule has 2 amide bonds. The smallest absolute Gasteiger partial charge is 0.309 e. The highest BCUT2D eigenvalue weighted by Gasteiger charge is 2.20. The molecular weight excluding hydrogens is 302 g/mol. The van der Waals surface area contributed by atoms with Gasteiger partial charge in [0.15, 0.2) is 0 Å².